The average molecular weight is 286 g/mol. The Balaban J connectivity index is 2.47. The van der Waals surface area contributed by atoms with Crippen molar-refractivity contribution in [1.82, 2.24) is 5.32 Å². The molecule has 1 unspecified atom stereocenters. The number of aliphatic hydroxyl groups excluding tert-OH is 1. The fourth-order valence-electron chi connectivity index (χ4n) is 1.32. The molecule has 3 nitrogen and oxygen atoms in total. The van der Waals surface area contributed by atoms with Crippen molar-refractivity contribution in [2.75, 3.05) is 13.2 Å². The predicted molar refractivity (Wildman–Crippen MR) is 67.3 cm³/mol. The van der Waals surface area contributed by atoms with Crippen molar-refractivity contribution in [3.63, 3.8) is 0 Å². The van der Waals surface area contributed by atoms with Gasteiger partial charge in [-0.3, -0.25) is 4.79 Å². The number of hydrogen-bond donors (Lipinski definition) is 2. The standard InChI is InChI=1S/C12H16BrNO2/c1-9(5-6-15)8-14-12(16)10-3-2-4-11(13)7-10/h2-4,7,9,15H,5-6,8H2,1H3,(H,14,16). The molecule has 88 valence electrons. The van der Waals surface area contributed by atoms with Crippen LogP contribution < -0.4 is 5.32 Å². The van der Waals surface area contributed by atoms with Crippen LogP contribution in [0.15, 0.2) is 28.7 Å². The summed E-state index contributed by atoms with van der Waals surface area (Å²) >= 11 is 3.32. The topological polar surface area (TPSA) is 49.3 Å². The van der Waals surface area contributed by atoms with Gasteiger partial charge >= 0.3 is 0 Å². The van der Waals surface area contributed by atoms with Gasteiger partial charge in [-0.25, -0.2) is 0 Å². The van der Waals surface area contributed by atoms with E-state index in [9.17, 15) is 4.79 Å². The first kappa shape index (κ1) is 13.2. The van der Waals surface area contributed by atoms with Gasteiger partial charge in [-0.05, 0) is 30.5 Å². The normalized spacial score (nSPS) is 12.2. The van der Waals surface area contributed by atoms with Crippen LogP contribution in [0.2, 0.25) is 0 Å². The maximum Gasteiger partial charge on any atom is 0.251 e. The van der Waals surface area contributed by atoms with Crippen LogP contribution in [0.1, 0.15) is 23.7 Å². The van der Waals surface area contributed by atoms with E-state index in [1.54, 1.807) is 12.1 Å². The van der Waals surface area contributed by atoms with Gasteiger partial charge in [0, 0.05) is 23.2 Å². The summed E-state index contributed by atoms with van der Waals surface area (Å²) in [5.74, 6) is 0.215. The first-order chi connectivity index (χ1) is 7.63. The van der Waals surface area contributed by atoms with E-state index < -0.39 is 0 Å². The zero-order valence-corrected chi connectivity index (χ0v) is 10.8. The Morgan fingerprint density at radius 1 is 1.56 bits per heavy atom. The highest BCUT2D eigenvalue weighted by molar-refractivity contribution is 9.10. The molecule has 0 aliphatic heterocycles. The van der Waals surface area contributed by atoms with Crippen LogP contribution in [-0.4, -0.2) is 24.2 Å². The molecule has 0 saturated carbocycles. The van der Waals surface area contributed by atoms with Crippen molar-refractivity contribution >= 4 is 21.8 Å². The molecular formula is C12H16BrNO2. The molecule has 0 saturated heterocycles. The van der Waals surface area contributed by atoms with E-state index >= 15 is 0 Å². The summed E-state index contributed by atoms with van der Waals surface area (Å²) in [6, 6.07) is 7.27. The van der Waals surface area contributed by atoms with Crippen molar-refractivity contribution in [2.24, 2.45) is 5.92 Å². The van der Waals surface area contributed by atoms with Crippen molar-refractivity contribution in [2.45, 2.75) is 13.3 Å². The fourth-order valence-corrected chi connectivity index (χ4v) is 1.72. The lowest BCUT2D eigenvalue weighted by Gasteiger charge is -2.11. The van der Waals surface area contributed by atoms with Gasteiger partial charge in [-0.15, -0.1) is 0 Å². The summed E-state index contributed by atoms with van der Waals surface area (Å²) < 4.78 is 0.892. The molecule has 1 rings (SSSR count). The molecule has 1 atom stereocenters. The Bertz CT molecular complexity index is 355. The molecule has 0 heterocycles. The second-order valence-electron chi connectivity index (χ2n) is 3.84. The van der Waals surface area contributed by atoms with Crippen molar-refractivity contribution in [3.8, 4) is 0 Å². The minimum Gasteiger partial charge on any atom is -0.396 e. The molecule has 0 aromatic heterocycles. The number of carbonyl (C=O) groups excluding carboxylic acids is 1. The number of nitrogens with one attached hydrogen (secondary N) is 1. The van der Waals surface area contributed by atoms with Crippen LogP contribution in [-0.2, 0) is 0 Å². The van der Waals surface area contributed by atoms with Gasteiger partial charge in [0.15, 0.2) is 0 Å². The Morgan fingerprint density at radius 2 is 2.31 bits per heavy atom. The average Bonchev–Trinajstić information content (AvgIpc) is 2.26. The zero-order chi connectivity index (χ0) is 12.0. The van der Waals surface area contributed by atoms with E-state index in [0.29, 0.717) is 24.4 Å². The van der Waals surface area contributed by atoms with Gasteiger partial charge in [0.25, 0.3) is 5.91 Å². The SMILES string of the molecule is CC(CCO)CNC(=O)c1cccc(Br)c1. The third-order valence-electron chi connectivity index (χ3n) is 2.32. The maximum absolute atomic E-state index is 11.7. The molecule has 16 heavy (non-hydrogen) atoms. The first-order valence-corrected chi connectivity index (χ1v) is 6.07. The minimum atomic E-state index is -0.0777. The van der Waals surface area contributed by atoms with Crippen molar-refractivity contribution in [3.05, 3.63) is 34.3 Å². The van der Waals surface area contributed by atoms with Gasteiger partial charge in [0.05, 0.1) is 0 Å². The van der Waals surface area contributed by atoms with Gasteiger partial charge < -0.3 is 10.4 Å². The zero-order valence-electron chi connectivity index (χ0n) is 9.24. The van der Waals surface area contributed by atoms with Crippen LogP contribution >= 0.6 is 15.9 Å². The molecular weight excluding hydrogens is 270 g/mol. The second-order valence-corrected chi connectivity index (χ2v) is 4.75. The highest BCUT2D eigenvalue weighted by atomic mass is 79.9. The number of hydrogen-bond acceptors (Lipinski definition) is 2. The molecule has 0 bridgehead atoms. The van der Waals surface area contributed by atoms with Crippen LogP contribution in [0.4, 0.5) is 0 Å². The number of rotatable bonds is 5. The quantitative estimate of drug-likeness (QED) is 0.871. The summed E-state index contributed by atoms with van der Waals surface area (Å²) in [7, 11) is 0. The smallest absolute Gasteiger partial charge is 0.251 e. The van der Waals surface area contributed by atoms with E-state index in [0.717, 1.165) is 4.47 Å². The van der Waals surface area contributed by atoms with E-state index in [1.165, 1.54) is 0 Å². The Kier molecular flexibility index (Phi) is 5.49. The van der Waals surface area contributed by atoms with Crippen LogP contribution in [0, 0.1) is 5.92 Å². The Hall–Kier alpha value is -0.870. The molecule has 1 aromatic rings. The highest BCUT2D eigenvalue weighted by Gasteiger charge is 2.07. The third kappa shape index (κ3) is 4.33. The van der Waals surface area contributed by atoms with Gasteiger partial charge in [0.2, 0.25) is 0 Å². The largest absolute Gasteiger partial charge is 0.396 e. The Labute approximate surface area is 104 Å². The number of amides is 1. The molecule has 0 aliphatic rings. The molecule has 0 spiro atoms. The molecule has 0 fully saturated rings. The van der Waals surface area contributed by atoms with E-state index in [4.69, 9.17) is 5.11 Å². The number of aliphatic hydroxyl groups is 1. The molecule has 1 aromatic carbocycles. The van der Waals surface area contributed by atoms with Crippen molar-refractivity contribution in [1.29, 1.82) is 0 Å². The summed E-state index contributed by atoms with van der Waals surface area (Å²) in [4.78, 5) is 11.7. The lowest BCUT2D eigenvalue weighted by atomic mass is 10.1. The number of benzene rings is 1. The first-order valence-electron chi connectivity index (χ1n) is 5.28. The van der Waals surface area contributed by atoms with E-state index in [-0.39, 0.29) is 12.5 Å². The lowest BCUT2D eigenvalue weighted by molar-refractivity contribution is 0.0945. The van der Waals surface area contributed by atoms with Crippen LogP contribution in [0.5, 0.6) is 0 Å². The lowest BCUT2D eigenvalue weighted by Crippen LogP contribution is -2.28. The van der Waals surface area contributed by atoms with Crippen LogP contribution in [0.3, 0.4) is 0 Å². The fraction of sp³-hybridized carbons (Fsp3) is 0.417. The van der Waals surface area contributed by atoms with Gasteiger partial charge in [0.1, 0.15) is 0 Å². The summed E-state index contributed by atoms with van der Waals surface area (Å²) in [5, 5.41) is 11.6. The summed E-state index contributed by atoms with van der Waals surface area (Å²) in [6.45, 7) is 2.75. The predicted octanol–water partition coefficient (Wildman–Crippen LogP) is 2.20. The summed E-state index contributed by atoms with van der Waals surface area (Å²) in [6.07, 6.45) is 0.707. The molecule has 2 N–H and O–H groups in total. The van der Waals surface area contributed by atoms with E-state index in [1.807, 2.05) is 19.1 Å². The van der Waals surface area contributed by atoms with Crippen molar-refractivity contribution < 1.29 is 9.90 Å². The van der Waals surface area contributed by atoms with Crippen LogP contribution in [0.25, 0.3) is 0 Å². The Morgan fingerprint density at radius 3 is 2.94 bits per heavy atom. The number of carbonyl (C=O) groups is 1. The minimum absolute atomic E-state index is 0.0777. The molecule has 0 radical (unpaired) electrons. The van der Waals surface area contributed by atoms with Gasteiger partial charge in [-0.1, -0.05) is 28.9 Å². The van der Waals surface area contributed by atoms with E-state index in [2.05, 4.69) is 21.2 Å². The highest BCUT2D eigenvalue weighted by Crippen LogP contribution is 2.11. The monoisotopic (exact) mass is 285 g/mol. The molecule has 0 aliphatic carbocycles. The summed E-state index contributed by atoms with van der Waals surface area (Å²) in [5.41, 5.74) is 0.644. The maximum atomic E-state index is 11.7. The third-order valence-corrected chi connectivity index (χ3v) is 2.81. The number of halogens is 1. The van der Waals surface area contributed by atoms with Gasteiger partial charge in [-0.2, -0.15) is 0 Å². The molecule has 4 heteroatoms. The molecule has 1 amide bonds. The second kappa shape index (κ2) is 6.66.